The van der Waals surface area contributed by atoms with Crippen LogP contribution < -0.4 is 0 Å². The summed E-state index contributed by atoms with van der Waals surface area (Å²) in [5.41, 5.74) is 0.549. The van der Waals surface area contributed by atoms with Gasteiger partial charge in [0.25, 0.3) is 0 Å². The highest BCUT2D eigenvalue weighted by atomic mass is 19.1. The molecule has 0 aromatic carbocycles. The summed E-state index contributed by atoms with van der Waals surface area (Å²) in [6.07, 6.45) is 1.92. The van der Waals surface area contributed by atoms with E-state index >= 15 is 0 Å². The molecule has 1 N–H and O–H groups in total. The normalized spacial score (nSPS) is 24.3. The number of hydrogen-bond acceptors (Lipinski definition) is 3. The van der Waals surface area contributed by atoms with E-state index in [-0.39, 0.29) is 12.0 Å². The summed E-state index contributed by atoms with van der Waals surface area (Å²) in [6.45, 7) is 0. The van der Waals surface area contributed by atoms with Crippen molar-refractivity contribution in [3.8, 4) is 0 Å². The molecule has 0 fully saturated rings. The van der Waals surface area contributed by atoms with Gasteiger partial charge in [-0.1, -0.05) is 0 Å². The number of hydrogen-bond donors (Lipinski definition) is 1. The van der Waals surface area contributed by atoms with Gasteiger partial charge in [0.05, 0.1) is 18.1 Å². The second-order valence-electron chi connectivity index (χ2n) is 3.27. The number of aliphatic hydroxyl groups is 1. The lowest BCUT2D eigenvalue weighted by molar-refractivity contribution is -0.119. The number of allylic oxidation sites excluding steroid dienone is 3. The van der Waals surface area contributed by atoms with Crippen LogP contribution in [0.15, 0.2) is 40.7 Å². The molecule has 1 aromatic rings. The van der Waals surface area contributed by atoms with Crippen LogP contribution in [0.1, 0.15) is 12.2 Å². The summed E-state index contributed by atoms with van der Waals surface area (Å²) >= 11 is 0. The maximum atomic E-state index is 13.3. The van der Waals surface area contributed by atoms with Crippen LogP contribution >= 0.6 is 0 Å². The molecule has 78 valence electrons. The SMILES string of the molecule is O=C1C(=CO)C=C(c2ccco2)CC1F. The van der Waals surface area contributed by atoms with Gasteiger partial charge in [-0.05, 0) is 23.8 Å². The number of aliphatic hydroxyl groups excluding tert-OH is 1. The van der Waals surface area contributed by atoms with Crippen molar-refractivity contribution in [3.63, 3.8) is 0 Å². The summed E-state index contributed by atoms with van der Waals surface area (Å²) in [5, 5.41) is 8.77. The van der Waals surface area contributed by atoms with Gasteiger partial charge in [-0.25, -0.2) is 4.39 Å². The largest absolute Gasteiger partial charge is 0.515 e. The van der Waals surface area contributed by atoms with E-state index in [0.29, 0.717) is 17.6 Å². The third kappa shape index (κ3) is 1.70. The number of ketones is 1. The lowest BCUT2D eigenvalue weighted by Crippen LogP contribution is -2.21. The first-order chi connectivity index (χ1) is 7.22. The van der Waals surface area contributed by atoms with E-state index in [0.717, 1.165) is 0 Å². The lowest BCUT2D eigenvalue weighted by Gasteiger charge is -2.15. The van der Waals surface area contributed by atoms with Crippen LogP contribution in [0, 0.1) is 0 Å². The van der Waals surface area contributed by atoms with E-state index in [1.54, 1.807) is 12.1 Å². The second kappa shape index (κ2) is 3.73. The maximum Gasteiger partial charge on any atom is 0.200 e. The first-order valence-electron chi connectivity index (χ1n) is 4.49. The van der Waals surface area contributed by atoms with Crippen LogP contribution in [0.25, 0.3) is 5.57 Å². The van der Waals surface area contributed by atoms with Crippen LogP contribution in [0.4, 0.5) is 4.39 Å². The highest BCUT2D eigenvalue weighted by molar-refractivity contribution is 6.05. The van der Waals surface area contributed by atoms with Gasteiger partial charge in [0.15, 0.2) is 12.0 Å². The Hall–Kier alpha value is -1.84. The Morgan fingerprint density at radius 3 is 3.00 bits per heavy atom. The minimum Gasteiger partial charge on any atom is -0.515 e. The molecule has 15 heavy (non-hydrogen) atoms. The molecule has 1 aromatic heterocycles. The molecule has 1 aliphatic carbocycles. The number of furan rings is 1. The Morgan fingerprint density at radius 2 is 2.40 bits per heavy atom. The Morgan fingerprint density at radius 1 is 1.60 bits per heavy atom. The molecule has 0 aliphatic heterocycles. The summed E-state index contributed by atoms with van der Waals surface area (Å²) in [7, 11) is 0. The first-order valence-corrected chi connectivity index (χ1v) is 4.49. The van der Waals surface area contributed by atoms with Crippen LogP contribution in [0.3, 0.4) is 0 Å². The number of Topliss-reactive ketones (excluding diaryl/α,β-unsaturated/α-hetero) is 1. The molecule has 0 bridgehead atoms. The number of carbonyl (C=O) groups excluding carboxylic acids is 1. The number of halogens is 1. The molecule has 1 heterocycles. The fourth-order valence-corrected chi connectivity index (χ4v) is 1.52. The predicted octanol–water partition coefficient (Wildman–Crippen LogP) is 2.42. The van der Waals surface area contributed by atoms with Gasteiger partial charge in [-0.15, -0.1) is 0 Å². The number of alkyl halides is 1. The van der Waals surface area contributed by atoms with Crippen molar-refractivity contribution >= 4 is 11.4 Å². The monoisotopic (exact) mass is 208 g/mol. The average Bonchev–Trinajstić information content (AvgIpc) is 2.75. The molecule has 3 nitrogen and oxygen atoms in total. The standard InChI is InChI=1S/C11H9FO3/c12-9-5-7(10-2-1-3-15-10)4-8(6-13)11(9)14/h1-4,6,9,13H,5H2. The topological polar surface area (TPSA) is 50.4 Å². The molecule has 4 heteroatoms. The fourth-order valence-electron chi connectivity index (χ4n) is 1.52. The van der Waals surface area contributed by atoms with Crippen molar-refractivity contribution in [2.45, 2.75) is 12.6 Å². The van der Waals surface area contributed by atoms with Gasteiger partial charge in [0, 0.05) is 6.42 Å². The van der Waals surface area contributed by atoms with Gasteiger partial charge in [0.2, 0.25) is 0 Å². The lowest BCUT2D eigenvalue weighted by atomic mass is 9.92. The molecule has 0 saturated carbocycles. The average molecular weight is 208 g/mol. The van der Waals surface area contributed by atoms with E-state index in [1.807, 2.05) is 0 Å². The molecule has 0 radical (unpaired) electrons. The number of rotatable bonds is 1. The predicted molar refractivity (Wildman–Crippen MR) is 51.9 cm³/mol. The molecule has 0 spiro atoms. The zero-order valence-corrected chi connectivity index (χ0v) is 7.81. The smallest absolute Gasteiger partial charge is 0.200 e. The third-order valence-electron chi connectivity index (χ3n) is 2.27. The molecular formula is C11H9FO3. The highest BCUT2D eigenvalue weighted by Gasteiger charge is 2.28. The Labute approximate surface area is 85.5 Å². The van der Waals surface area contributed by atoms with E-state index in [2.05, 4.69) is 0 Å². The summed E-state index contributed by atoms with van der Waals surface area (Å²) in [6, 6.07) is 3.37. The van der Waals surface area contributed by atoms with Crippen LogP contribution in [-0.2, 0) is 4.79 Å². The van der Waals surface area contributed by atoms with E-state index < -0.39 is 12.0 Å². The van der Waals surface area contributed by atoms with Gasteiger partial charge >= 0.3 is 0 Å². The van der Waals surface area contributed by atoms with Crippen molar-refractivity contribution in [1.29, 1.82) is 0 Å². The van der Waals surface area contributed by atoms with Gasteiger partial charge in [-0.3, -0.25) is 4.79 Å². The Balaban J connectivity index is 2.39. The Kier molecular flexibility index (Phi) is 2.41. The minimum absolute atomic E-state index is 0.0102. The van der Waals surface area contributed by atoms with E-state index in [4.69, 9.17) is 9.52 Å². The third-order valence-corrected chi connectivity index (χ3v) is 2.27. The fraction of sp³-hybridized carbons (Fsp3) is 0.182. The zero-order chi connectivity index (χ0) is 10.8. The van der Waals surface area contributed by atoms with Crippen molar-refractivity contribution in [2.75, 3.05) is 0 Å². The summed E-state index contributed by atoms with van der Waals surface area (Å²) < 4.78 is 18.4. The van der Waals surface area contributed by atoms with Gasteiger partial charge < -0.3 is 9.52 Å². The molecular weight excluding hydrogens is 199 g/mol. The van der Waals surface area contributed by atoms with Crippen LogP contribution in [0.2, 0.25) is 0 Å². The van der Waals surface area contributed by atoms with Crippen LogP contribution in [0.5, 0.6) is 0 Å². The van der Waals surface area contributed by atoms with Crippen LogP contribution in [-0.4, -0.2) is 17.1 Å². The quantitative estimate of drug-likeness (QED) is 0.569. The highest BCUT2D eigenvalue weighted by Crippen LogP contribution is 2.29. The summed E-state index contributed by atoms with van der Waals surface area (Å²) in [5.74, 6) is -0.169. The second-order valence-corrected chi connectivity index (χ2v) is 3.27. The molecule has 0 amide bonds. The zero-order valence-electron chi connectivity index (χ0n) is 7.81. The Bertz CT molecular complexity index is 429. The van der Waals surface area contributed by atoms with Crippen molar-refractivity contribution in [1.82, 2.24) is 0 Å². The van der Waals surface area contributed by atoms with E-state index in [9.17, 15) is 9.18 Å². The van der Waals surface area contributed by atoms with Crippen molar-refractivity contribution in [2.24, 2.45) is 0 Å². The van der Waals surface area contributed by atoms with Gasteiger partial charge in [0.1, 0.15) is 5.76 Å². The molecule has 0 saturated heterocycles. The maximum absolute atomic E-state index is 13.3. The van der Waals surface area contributed by atoms with Crippen molar-refractivity contribution in [3.05, 3.63) is 42.1 Å². The molecule has 1 aliphatic rings. The first kappa shape index (κ1) is 9.71. The molecule has 1 atom stereocenters. The van der Waals surface area contributed by atoms with Crippen molar-refractivity contribution < 1.29 is 18.7 Å². The minimum atomic E-state index is -1.60. The number of carbonyl (C=O) groups is 1. The van der Waals surface area contributed by atoms with Gasteiger partial charge in [-0.2, -0.15) is 0 Å². The van der Waals surface area contributed by atoms with E-state index in [1.165, 1.54) is 12.3 Å². The summed E-state index contributed by atoms with van der Waals surface area (Å²) in [4.78, 5) is 11.2. The molecule has 2 rings (SSSR count). The molecule has 1 unspecified atom stereocenters.